The summed E-state index contributed by atoms with van der Waals surface area (Å²) in [4.78, 5) is 22.2. The molecule has 2 aromatic rings. The number of thioether (sulfide) groups is 1. The number of aldehydes is 1. The first-order chi connectivity index (χ1) is 9.67. The van der Waals surface area contributed by atoms with E-state index in [9.17, 15) is 14.9 Å². The molecule has 1 aliphatic heterocycles. The molecule has 1 unspecified atom stereocenters. The Balaban J connectivity index is 1.98. The molecule has 0 bridgehead atoms. The molecular weight excluding hydrogens is 276 g/mol. The lowest BCUT2D eigenvalue weighted by Crippen LogP contribution is -2.10. The Morgan fingerprint density at radius 1 is 1.20 bits per heavy atom. The smallest absolute Gasteiger partial charge is 0.270 e. The Morgan fingerprint density at radius 3 is 2.75 bits per heavy atom. The van der Waals surface area contributed by atoms with Gasteiger partial charge < -0.3 is 10.1 Å². The number of nitro benzene ring substituents is 1. The molecule has 1 heterocycles. The number of carbonyl (C=O) groups is 1. The molecule has 0 spiro atoms. The minimum atomic E-state index is -0.407. The summed E-state index contributed by atoms with van der Waals surface area (Å²) in [7, 11) is 0. The minimum Gasteiger partial charge on any atom is -0.366 e. The number of fused-ring (bicyclic) bond motifs is 1. The zero-order valence-electron chi connectivity index (χ0n) is 10.3. The summed E-state index contributed by atoms with van der Waals surface area (Å²) in [6.45, 7) is 0. The summed E-state index contributed by atoms with van der Waals surface area (Å²) in [5.74, 6) is 0. The minimum absolute atomic E-state index is 0.0690. The van der Waals surface area contributed by atoms with Crippen molar-refractivity contribution in [1.29, 1.82) is 0 Å². The number of hydrogen-bond donors (Lipinski definition) is 1. The quantitative estimate of drug-likeness (QED) is 0.532. The van der Waals surface area contributed by atoms with E-state index in [1.807, 2.05) is 24.3 Å². The normalized spacial score (nSPS) is 16.3. The molecule has 0 saturated heterocycles. The predicted molar refractivity (Wildman–Crippen MR) is 77.9 cm³/mol. The number of hydrogen-bond acceptors (Lipinski definition) is 5. The zero-order chi connectivity index (χ0) is 14.1. The average Bonchev–Trinajstić information content (AvgIpc) is 2.89. The second kappa shape index (κ2) is 4.97. The van der Waals surface area contributed by atoms with Crippen LogP contribution in [0.2, 0.25) is 0 Å². The van der Waals surface area contributed by atoms with Crippen molar-refractivity contribution >= 4 is 29.4 Å². The van der Waals surface area contributed by atoms with E-state index in [0.29, 0.717) is 0 Å². The average molecular weight is 286 g/mol. The van der Waals surface area contributed by atoms with Gasteiger partial charge >= 0.3 is 0 Å². The first-order valence-electron chi connectivity index (χ1n) is 5.95. The number of non-ortho nitro benzene ring substituents is 1. The molecule has 0 radical (unpaired) electrons. The van der Waals surface area contributed by atoms with Crippen LogP contribution in [0.5, 0.6) is 0 Å². The van der Waals surface area contributed by atoms with Crippen molar-refractivity contribution in [2.45, 2.75) is 10.3 Å². The molecule has 0 aromatic heterocycles. The highest BCUT2D eigenvalue weighted by atomic mass is 32.2. The Bertz CT molecular complexity index is 703. The van der Waals surface area contributed by atoms with Gasteiger partial charge in [-0.05, 0) is 23.3 Å². The van der Waals surface area contributed by atoms with E-state index in [4.69, 9.17) is 0 Å². The highest BCUT2D eigenvalue weighted by molar-refractivity contribution is 8.01. The Hall–Kier alpha value is -2.34. The maximum absolute atomic E-state index is 10.8. The summed E-state index contributed by atoms with van der Waals surface area (Å²) in [6, 6.07) is 12.2. The fourth-order valence-corrected chi connectivity index (χ4v) is 3.06. The van der Waals surface area contributed by atoms with Crippen molar-refractivity contribution in [3.8, 4) is 11.1 Å². The van der Waals surface area contributed by atoms with Gasteiger partial charge in [-0.2, -0.15) is 0 Å². The van der Waals surface area contributed by atoms with Gasteiger partial charge in [0.25, 0.3) is 5.69 Å². The third-order valence-corrected chi connectivity index (χ3v) is 4.12. The Kier molecular flexibility index (Phi) is 3.15. The number of nitro groups is 1. The number of benzene rings is 2. The first-order valence-corrected chi connectivity index (χ1v) is 6.83. The van der Waals surface area contributed by atoms with Crippen molar-refractivity contribution in [3.63, 3.8) is 0 Å². The third-order valence-electron chi connectivity index (χ3n) is 3.05. The van der Waals surface area contributed by atoms with E-state index in [-0.39, 0.29) is 11.1 Å². The molecule has 100 valence electrons. The van der Waals surface area contributed by atoms with Crippen LogP contribution in [0.4, 0.5) is 11.4 Å². The molecule has 3 rings (SSSR count). The van der Waals surface area contributed by atoms with Crippen molar-refractivity contribution in [2.75, 3.05) is 5.32 Å². The summed E-state index contributed by atoms with van der Waals surface area (Å²) in [5, 5.41) is 13.6. The van der Waals surface area contributed by atoms with Crippen molar-refractivity contribution in [1.82, 2.24) is 0 Å². The largest absolute Gasteiger partial charge is 0.366 e. The van der Waals surface area contributed by atoms with Gasteiger partial charge in [0.05, 0.1) is 4.92 Å². The van der Waals surface area contributed by atoms with Crippen LogP contribution in [0.1, 0.15) is 0 Å². The van der Waals surface area contributed by atoms with Crippen LogP contribution in [0.15, 0.2) is 47.4 Å². The third kappa shape index (κ3) is 2.25. The predicted octanol–water partition coefficient (Wildman–Crippen LogP) is 3.30. The van der Waals surface area contributed by atoms with Gasteiger partial charge in [-0.1, -0.05) is 30.0 Å². The van der Waals surface area contributed by atoms with Crippen LogP contribution in [-0.2, 0) is 4.79 Å². The lowest BCUT2D eigenvalue weighted by molar-refractivity contribution is -0.384. The molecule has 1 atom stereocenters. The van der Waals surface area contributed by atoms with E-state index in [0.717, 1.165) is 28.0 Å². The summed E-state index contributed by atoms with van der Waals surface area (Å²) < 4.78 is 0. The number of nitrogens with zero attached hydrogens (tertiary/aromatic N) is 1. The monoisotopic (exact) mass is 286 g/mol. The number of rotatable bonds is 3. The second-order valence-corrected chi connectivity index (χ2v) is 5.52. The van der Waals surface area contributed by atoms with Crippen molar-refractivity contribution in [2.24, 2.45) is 0 Å². The maximum Gasteiger partial charge on any atom is 0.270 e. The molecule has 0 saturated carbocycles. The number of nitrogens with one attached hydrogen (secondary N) is 1. The molecule has 2 aromatic carbocycles. The molecule has 0 aliphatic carbocycles. The van der Waals surface area contributed by atoms with E-state index >= 15 is 0 Å². The van der Waals surface area contributed by atoms with Crippen LogP contribution < -0.4 is 5.32 Å². The lowest BCUT2D eigenvalue weighted by atomic mass is 10.0. The standard InChI is InChI=1S/C14H10N2O3S/c17-8-14-15-12-5-4-10(7-13(12)20-14)9-2-1-3-11(6-9)16(18)19/h1-8,14-15H. The van der Waals surface area contributed by atoms with Gasteiger partial charge in [0.1, 0.15) is 5.37 Å². The molecule has 1 N–H and O–H groups in total. The molecular formula is C14H10N2O3S. The van der Waals surface area contributed by atoms with Gasteiger partial charge in [0.2, 0.25) is 0 Å². The SMILES string of the molecule is O=CC1Nc2ccc(-c3cccc([N+](=O)[O-])c3)cc2S1. The lowest BCUT2D eigenvalue weighted by Gasteiger charge is -2.04. The topological polar surface area (TPSA) is 72.2 Å². The number of carbonyl (C=O) groups excluding carboxylic acids is 1. The van der Waals surface area contributed by atoms with E-state index in [1.165, 1.54) is 17.8 Å². The summed E-state index contributed by atoms with van der Waals surface area (Å²) in [6.07, 6.45) is 0.859. The van der Waals surface area contributed by atoms with E-state index in [1.54, 1.807) is 12.1 Å². The Morgan fingerprint density at radius 2 is 2.00 bits per heavy atom. The van der Waals surface area contributed by atoms with Crippen molar-refractivity contribution < 1.29 is 9.72 Å². The van der Waals surface area contributed by atoms with Crippen LogP contribution >= 0.6 is 11.8 Å². The summed E-state index contributed by atoms with van der Waals surface area (Å²) >= 11 is 1.44. The molecule has 1 aliphatic rings. The molecule has 5 nitrogen and oxygen atoms in total. The van der Waals surface area contributed by atoms with E-state index in [2.05, 4.69) is 5.32 Å². The van der Waals surface area contributed by atoms with Crippen LogP contribution in [0, 0.1) is 10.1 Å². The molecule has 0 fully saturated rings. The van der Waals surface area contributed by atoms with Gasteiger partial charge in [-0.3, -0.25) is 10.1 Å². The number of anilines is 1. The zero-order valence-corrected chi connectivity index (χ0v) is 11.1. The molecule has 0 amide bonds. The fraction of sp³-hybridized carbons (Fsp3) is 0.0714. The van der Waals surface area contributed by atoms with Crippen LogP contribution in [0.3, 0.4) is 0 Å². The van der Waals surface area contributed by atoms with Crippen LogP contribution in [0.25, 0.3) is 11.1 Å². The summed E-state index contributed by atoms with van der Waals surface area (Å²) in [5.41, 5.74) is 2.67. The first kappa shape index (κ1) is 12.7. The Labute approximate surface area is 119 Å². The molecule has 6 heteroatoms. The molecule has 20 heavy (non-hydrogen) atoms. The second-order valence-electron chi connectivity index (χ2n) is 4.34. The fourth-order valence-electron chi connectivity index (χ4n) is 2.10. The maximum atomic E-state index is 10.8. The van der Waals surface area contributed by atoms with Gasteiger partial charge in [-0.15, -0.1) is 0 Å². The van der Waals surface area contributed by atoms with Gasteiger partial charge in [-0.25, -0.2) is 0 Å². The highest BCUT2D eigenvalue weighted by Gasteiger charge is 2.21. The van der Waals surface area contributed by atoms with Gasteiger partial charge in [0.15, 0.2) is 6.29 Å². The van der Waals surface area contributed by atoms with E-state index < -0.39 is 4.92 Å². The highest BCUT2D eigenvalue weighted by Crippen LogP contribution is 2.40. The van der Waals surface area contributed by atoms with Gasteiger partial charge in [0, 0.05) is 22.7 Å². The van der Waals surface area contributed by atoms with Crippen LogP contribution in [-0.4, -0.2) is 16.6 Å². The van der Waals surface area contributed by atoms with Crippen molar-refractivity contribution in [3.05, 3.63) is 52.6 Å².